The van der Waals surface area contributed by atoms with Gasteiger partial charge in [0.2, 0.25) is 15.9 Å². The van der Waals surface area contributed by atoms with Gasteiger partial charge in [0.05, 0.1) is 18.0 Å². The standard InChI is InChI=1S/C26H28N2O4S/c1-19(21-16-15-20-9-8-10-22(20)17-21)27-26(29)18-28(33(2,30)31)24-13-6-7-14-25(24)32-23-11-4-3-5-12-23/h3-7,11-17,19H,8-10,18H2,1-2H3,(H,27,29)/t19-/m0/s1. The number of benzene rings is 3. The summed E-state index contributed by atoms with van der Waals surface area (Å²) in [7, 11) is -3.74. The number of aryl methyl sites for hydroxylation is 2. The fourth-order valence-electron chi connectivity index (χ4n) is 4.11. The molecule has 1 atom stereocenters. The van der Waals surface area contributed by atoms with Crippen LogP contribution in [0.1, 0.15) is 36.1 Å². The van der Waals surface area contributed by atoms with E-state index in [1.54, 1.807) is 36.4 Å². The molecule has 0 unspecified atom stereocenters. The molecular formula is C26H28N2O4S. The maximum atomic E-state index is 12.9. The van der Waals surface area contributed by atoms with Gasteiger partial charge in [0.1, 0.15) is 12.3 Å². The smallest absolute Gasteiger partial charge is 0.241 e. The molecule has 1 amide bonds. The molecule has 0 bridgehead atoms. The van der Waals surface area contributed by atoms with Gasteiger partial charge in [-0.3, -0.25) is 9.10 Å². The van der Waals surface area contributed by atoms with Crippen molar-refractivity contribution in [2.24, 2.45) is 0 Å². The lowest BCUT2D eigenvalue weighted by molar-refractivity contribution is -0.120. The molecule has 33 heavy (non-hydrogen) atoms. The summed E-state index contributed by atoms with van der Waals surface area (Å²) < 4.78 is 32.3. The average Bonchev–Trinajstić information content (AvgIpc) is 3.26. The number of carbonyl (C=O) groups is 1. The zero-order valence-electron chi connectivity index (χ0n) is 18.8. The molecule has 0 radical (unpaired) electrons. The van der Waals surface area contributed by atoms with Crippen LogP contribution in [0, 0.1) is 0 Å². The van der Waals surface area contributed by atoms with Crippen LogP contribution in [0.2, 0.25) is 0 Å². The van der Waals surface area contributed by atoms with Gasteiger partial charge in [0.15, 0.2) is 5.75 Å². The molecule has 0 saturated heterocycles. The van der Waals surface area contributed by atoms with Crippen LogP contribution in [0.25, 0.3) is 0 Å². The molecule has 172 valence electrons. The number of fused-ring (bicyclic) bond motifs is 1. The lowest BCUT2D eigenvalue weighted by atomic mass is 10.0. The second-order valence-electron chi connectivity index (χ2n) is 8.32. The minimum atomic E-state index is -3.74. The summed E-state index contributed by atoms with van der Waals surface area (Å²) in [5, 5.41) is 2.94. The molecule has 1 aliphatic rings. The van der Waals surface area contributed by atoms with Crippen LogP contribution in [-0.2, 0) is 27.7 Å². The number of para-hydroxylation sites is 3. The third-order valence-electron chi connectivity index (χ3n) is 5.79. The summed E-state index contributed by atoms with van der Waals surface area (Å²) in [5.74, 6) is 0.546. The van der Waals surface area contributed by atoms with E-state index in [-0.39, 0.29) is 18.5 Å². The van der Waals surface area contributed by atoms with Gasteiger partial charge < -0.3 is 10.1 Å². The highest BCUT2D eigenvalue weighted by molar-refractivity contribution is 7.92. The Morgan fingerprint density at radius 1 is 1.00 bits per heavy atom. The first kappa shape index (κ1) is 22.9. The highest BCUT2D eigenvalue weighted by Gasteiger charge is 2.25. The van der Waals surface area contributed by atoms with E-state index in [0.29, 0.717) is 17.2 Å². The topological polar surface area (TPSA) is 75.7 Å². The van der Waals surface area contributed by atoms with Crippen molar-refractivity contribution in [3.05, 3.63) is 89.5 Å². The Hall–Kier alpha value is -3.32. The first-order chi connectivity index (χ1) is 15.8. The number of hydrogen-bond donors (Lipinski definition) is 1. The molecule has 1 N–H and O–H groups in total. The summed E-state index contributed by atoms with van der Waals surface area (Å²) in [5.41, 5.74) is 4.03. The number of nitrogens with zero attached hydrogens (tertiary/aromatic N) is 1. The summed E-state index contributed by atoms with van der Waals surface area (Å²) >= 11 is 0. The molecule has 4 rings (SSSR count). The van der Waals surface area contributed by atoms with Gasteiger partial charge >= 0.3 is 0 Å². The van der Waals surface area contributed by atoms with E-state index in [1.807, 2.05) is 31.2 Å². The molecule has 7 heteroatoms. The van der Waals surface area contributed by atoms with Gasteiger partial charge in [-0.2, -0.15) is 0 Å². The zero-order chi connectivity index (χ0) is 23.4. The number of carbonyl (C=O) groups excluding carboxylic acids is 1. The van der Waals surface area contributed by atoms with Crippen LogP contribution in [-0.4, -0.2) is 27.1 Å². The Morgan fingerprint density at radius 2 is 1.70 bits per heavy atom. The molecule has 0 fully saturated rings. The summed E-state index contributed by atoms with van der Waals surface area (Å²) in [6.07, 6.45) is 4.41. The Balaban J connectivity index is 1.52. The predicted octanol–water partition coefficient (Wildman–Crippen LogP) is 4.61. The zero-order valence-corrected chi connectivity index (χ0v) is 19.6. The second-order valence-corrected chi connectivity index (χ2v) is 10.2. The number of ether oxygens (including phenoxy) is 1. The van der Waals surface area contributed by atoms with E-state index in [2.05, 4.69) is 17.4 Å². The van der Waals surface area contributed by atoms with Gasteiger partial charge in [0.25, 0.3) is 0 Å². The van der Waals surface area contributed by atoms with Crippen molar-refractivity contribution in [1.82, 2.24) is 5.32 Å². The SMILES string of the molecule is C[C@H](NC(=O)CN(c1ccccc1Oc1ccccc1)S(C)(=O)=O)c1ccc2c(c1)CCC2. The molecule has 3 aromatic rings. The summed E-state index contributed by atoms with van der Waals surface area (Å²) in [4.78, 5) is 12.9. The maximum Gasteiger partial charge on any atom is 0.241 e. The molecule has 0 saturated carbocycles. The number of amides is 1. The fourth-order valence-corrected chi connectivity index (χ4v) is 4.97. The number of nitrogens with one attached hydrogen (secondary N) is 1. The largest absolute Gasteiger partial charge is 0.455 e. The predicted molar refractivity (Wildman–Crippen MR) is 130 cm³/mol. The molecule has 0 aromatic heterocycles. The van der Waals surface area contributed by atoms with E-state index < -0.39 is 10.0 Å². The van der Waals surface area contributed by atoms with Crippen molar-refractivity contribution < 1.29 is 17.9 Å². The van der Waals surface area contributed by atoms with Gasteiger partial charge in [-0.15, -0.1) is 0 Å². The van der Waals surface area contributed by atoms with E-state index in [1.165, 1.54) is 11.1 Å². The third kappa shape index (κ3) is 5.54. The van der Waals surface area contributed by atoms with Crippen LogP contribution in [0.5, 0.6) is 11.5 Å². The second kappa shape index (κ2) is 9.67. The van der Waals surface area contributed by atoms with Crippen molar-refractivity contribution in [1.29, 1.82) is 0 Å². The molecule has 0 heterocycles. The van der Waals surface area contributed by atoms with Crippen LogP contribution in [0.3, 0.4) is 0 Å². The number of anilines is 1. The van der Waals surface area contributed by atoms with E-state index in [4.69, 9.17) is 4.74 Å². The maximum absolute atomic E-state index is 12.9. The van der Waals surface area contributed by atoms with Crippen LogP contribution < -0.4 is 14.4 Å². The molecular weight excluding hydrogens is 436 g/mol. The Kier molecular flexibility index (Phi) is 6.70. The van der Waals surface area contributed by atoms with Crippen LogP contribution >= 0.6 is 0 Å². The lowest BCUT2D eigenvalue weighted by Crippen LogP contribution is -2.41. The average molecular weight is 465 g/mol. The highest BCUT2D eigenvalue weighted by Crippen LogP contribution is 2.33. The lowest BCUT2D eigenvalue weighted by Gasteiger charge is -2.25. The van der Waals surface area contributed by atoms with Crippen molar-refractivity contribution in [2.45, 2.75) is 32.2 Å². The van der Waals surface area contributed by atoms with Gasteiger partial charge in [0, 0.05) is 0 Å². The van der Waals surface area contributed by atoms with Crippen molar-refractivity contribution in [3.8, 4) is 11.5 Å². The van der Waals surface area contributed by atoms with Gasteiger partial charge in [-0.1, -0.05) is 48.5 Å². The number of hydrogen-bond acceptors (Lipinski definition) is 4. The molecule has 1 aliphatic carbocycles. The van der Waals surface area contributed by atoms with E-state index >= 15 is 0 Å². The number of rotatable bonds is 8. The molecule has 3 aromatic carbocycles. The van der Waals surface area contributed by atoms with E-state index in [0.717, 1.165) is 35.4 Å². The fraction of sp³-hybridized carbons (Fsp3) is 0.269. The Morgan fingerprint density at radius 3 is 2.45 bits per heavy atom. The Labute approximate surface area is 195 Å². The molecule has 0 aliphatic heterocycles. The normalized spacial score (nSPS) is 13.8. The van der Waals surface area contributed by atoms with Crippen molar-refractivity contribution in [2.75, 3.05) is 17.1 Å². The third-order valence-corrected chi connectivity index (χ3v) is 6.92. The molecule has 6 nitrogen and oxygen atoms in total. The quantitative estimate of drug-likeness (QED) is 0.528. The highest BCUT2D eigenvalue weighted by atomic mass is 32.2. The first-order valence-corrected chi connectivity index (χ1v) is 12.9. The van der Waals surface area contributed by atoms with Gasteiger partial charge in [-0.05, 0) is 67.1 Å². The first-order valence-electron chi connectivity index (χ1n) is 11.0. The Bertz CT molecular complexity index is 1240. The van der Waals surface area contributed by atoms with Crippen LogP contribution in [0.4, 0.5) is 5.69 Å². The monoisotopic (exact) mass is 464 g/mol. The minimum Gasteiger partial charge on any atom is -0.455 e. The summed E-state index contributed by atoms with van der Waals surface area (Å²) in [6, 6.07) is 22.0. The number of sulfonamides is 1. The van der Waals surface area contributed by atoms with Crippen molar-refractivity contribution >= 4 is 21.6 Å². The van der Waals surface area contributed by atoms with E-state index in [9.17, 15) is 13.2 Å². The van der Waals surface area contributed by atoms with Crippen molar-refractivity contribution in [3.63, 3.8) is 0 Å². The van der Waals surface area contributed by atoms with Gasteiger partial charge in [-0.25, -0.2) is 8.42 Å². The minimum absolute atomic E-state index is 0.236. The van der Waals surface area contributed by atoms with Crippen LogP contribution in [0.15, 0.2) is 72.8 Å². The summed E-state index contributed by atoms with van der Waals surface area (Å²) in [6.45, 7) is 1.56. The molecule has 0 spiro atoms.